The third-order valence-corrected chi connectivity index (χ3v) is 3.15. The van der Waals surface area contributed by atoms with Crippen LogP contribution in [0.4, 0.5) is 5.69 Å². The van der Waals surface area contributed by atoms with Crippen molar-refractivity contribution in [2.24, 2.45) is 0 Å². The Labute approximate surface area is 102 Å². The highest BCUT2D eigenvalue weighted by molar-refractivity contribution is 5.59. The van der Waals surface area contributed by atoms with Crippen molar-refractivity contribution in [3.8, 4) is 11.8 Å². The standard InChI is InChI=1S/C13H17N3O/c1-17-12-5-3-2-4-11(12)16-13(10-14)6-8-15-9-7-13/h2-5,15-16H,6-9H2,1H3. The number of ether oxygens (including phenoxy) is 1. The molecule has 1 aromatic carbocycles. The Kier molecular flexibility index (Phi) is 3.50. The van der Waals surface area contributed by atoms with Gasteiger partial charge in [0.05, 0.1) is 18.9 Å². The van der Waals surface area contributed by atoms with Crippen molar-refractivity contribution in [3.63, 3.8) is 0 Å². The molecule has 4 nitrogen and oxygen atoms in total. The Balaban J connectivity index is 2.21. The van der Waals surface area contributed by atoms with Crippen LogP contribution in [-0.4, -0.2) is 25.7 Å². The van der Waals surface area contributed by atoms with E-state index >= 15 is 0 Å². The molecule has 90 valence electrons. The average Bonchev–Trinajstić information content (AvgIpc) is 2.40. The zero-order valence-electron chi connectivity index (χ0n) is 9.99. The van der Waals surface area contributed by atoms with E-state index in [1.807, 2.05) is 24.3 Å². The normalized spacial score (nSPS) is 18.1. The van der Waals surface area contributed by atoms with Gasteiger partial charge in [-0.3, -0.25) is 0 Å². The molecule has 1 aromatic rings. The van der Waals surface area contributed by atoms with Crippen LogP contribution in [0.2, 0.25) is 0 Å². The first kappa shape index (κ1) is 11.7. The molecule has 0 bridgehead atoms. The lowest BCUT2D eigenvalue weighted by Crippen LogP contribution is -2.46. The summed E-state index contributed by atoms with van der Waals surface area (Å²) in [6, 6.07) is 10.1. The summed E-state index contributed by atoms with van der Waals surface area (Å²) in [5, 5.41) is 16.0. The number of hydrogen-bond acceptors (Lipinski definition) is 4. The third-order valence-electron chi connectivity index (χ3n) is 3.15. The largest absolute Gasteiger partial charge is 0.495 e. The fourth-order valence-electron chi connectivity index (χ4n) is 2.12. The van der Waals surface area contributed by atoms with Crippen molar-refractivity contribution in [2.45, 2.75) is 18.4 Å². The molecule has 0 spiro atoms. The van der Waals surface area contributed by atoms with Crippen LogP contribution in [0.25, 0.3) is 0 Å². The minimum Gasteiger partial charge on any atom is -0.495 e. The minimum atomic E-state index is -0.472. The van der Waals surface area contributed by atoms with Crippen molar-refractivity contribution >= 4 is 5.69 Å². The maximum absolute atomic E-state index is 9.39. The van der Waals surface area contributed by atoms with Crippen molar-refractivity contribution in [2.75, 3.05) is 25.5 Å². The Hall–Kier alpha value is -1.73. The first-order valence-electron chi connectivity index (χ1n) is 5.83. The number of rotatable bonds is 3. The lowest BCUT2D eigenvalue weighted by Gasteiger charge is -2.33. The molecule has 0 atom stereocenters. The van der Waals surface area contributed by atoms with Gasteiger partial charge in [0.1, 0.15) is 11.3 Å². The van der Waals surface area contributed by atoms with Gasteiger partial charge in [-0.2, -0.15) is 5.26 Å². The molecule has 0 radical (unpaired) electrons. The topological polar surface area (TPSA) is 57.1 Å². The number of methoxy groups -OCH3 is 1. The summed E-state index contributed by atoms with van der Waals surface area (Å²) >= 11 is 0. The second-order valence-electron chi connectivity index (χ2n) is 4.27. The fraction of sp³-hybridized carbons (Fsp3) is 0.462. The molecule has 0 amide bonds. The van der Waals surface area contributed by atoms with Crippen LogP contribution >= 0.6 is 0 Å². The van der Waals surface area contributed by atoms with Gasteiger partial charge < -0.3 is 15.4 Å². The van der Waals surface area contributed by atoms with E-state index in [-0.39, 0.29) is 0 Å². The predicted molar refractivity (Wildman–Crippen MR) is 67.1 cm³/mol. The number of benzene rings is 1. The van der Waals surface area contributed by atoms with Crippen molar-refractivity contribution in [1.82, 2.24) is 5.32 Å². The Bertz CT molecular complexity index is 419. The molecule has 0 aliphatic carbocycles. The maximum atomic E-state index is 9.39. The highest BCUT2D eigenvalue weighted by Crippen LogP contribution is 2.30. The van der Waals surface area contributed by atoms with Crippen LogP contribution in [-0.2, 0) is 0 Å². The summed E-state index contributed by atoms with van der Waals surface area (Å²) < 4.78 is 5.29. The summed E-state index contributed by atoms with van der Waals surface area (Å²) in [6.07, 6.45) is 1.61. The lowest BCUT2D eigenvalue weighted by atomic mass is 9.89. The SMILES string of the molecule is COc1ccccc1NC1(C#N)CCNCC1. The third kappa shape index (κ3) is 2.51. The maximum Gasteiger partial charge on any atom is 0.141 e. The number of nitrogens with zero attached hydrogens (tertiary/aromatic N) is 1. The number of nitrogens with one attached hydrogen (secondary N) is 2. The van der Waals surface area contributed by atoms with Gasteiger partial charge in [-0.1, -0.05) is 12.1 Å². The molecule has 1 fully saturated rings. The molecule has 0 aromatic heterocycles. The Morgan fingerprint density at radius 2 is 2.06 bits per heavy atom. The van der Waals surface area contributed by atoms with Crippen LogP contribution in [0.1, 0.15) is 12.8 Å². The number of anilines is 1. The van der Waals surface area contributed by atoms with Gasteiger partial charge >= 0.3 is 0 Å². The lowest BCUT2D eigenvalue weighted by molar-refractivity contribution is 0.397. The van der Waals surface area contributed by atoms with Crippen molar-refractivity contribution in [3.05, 3.63) is 24.3 Å². The quantitative estimate of drug-likeness (QED) is 0.832. The molecule has 1 aliphatic rings. The van der Waals surface area contributed by atoms with E-state index in [4.69, 9.17) is 4.74 Å². The summed E-state index contributed by atoms with van der Waals surface area (Å²) in [5.41, 5.74) is 0.415. The molecule has 1 heterocycles. The van der Waals surface area contributed by atoms with Crippen LogP contribution < -0.4 is 15.4 Å². The molecule has 4 heteroatoms. The molecule has 1 aliphatic heterocycles. The van der Waals surface area contributed by atoms with E-state index in [9.17, 15) is 5.26 Å². The smallest absolute Gasteiger partial charge is 0.141 e. The number of hydrogen-bond donors (Lipinski definition) is 2. The number of para-hydroxylation sites is 2. The van der Waals surface area contributed by atoms with Gasteiger partial charge in [0.25, 0.3) is 0 Å². The second kappa shape index (κ2) is 5.07. The molecule has 0 unspecified atom stereocenters. The van der Waals surface area contributed by atoms with Crippen LogP contribution in [0, 0.1) is 11.3 Å². The highest BCUT2D eigenvalue weighted by atomic mass is 16.5. The molecular weight excluding hydrogens is 214 g/mol. The number of nitriles is 1. The fourth-order valence-corrected chi connectivity index (χ4v) is 2.12. The average molecular weight is 231 g/mol. The van der Waals surface area contributed by atoms with E-state index in [0.29, 0.717) is 0 Å². The summed E-state index contributed by atoms with van der Waals surface area (Å²) in [4.78, 5) is 0. The van der Waals surface area contributed by atoms with E-state index in [1.54, 1.807) is 7.11 Å². The Morgan fingerprint density at radius 1 is 1.35 bits per heavy atom. The van der Waals surface area contributed by atoms with Crippen LogP contribution in [0.5, 0.6) is 5.75 Å². The van der Waals surface area contributed by atoms with Crippen LogP contribution in [0.15, 0.2) is 24.3 Å². The van der Waals surface area contributed by atoms with Gasteiger partial charge in [0.15, 0.2) is 0 Å². The molecule has 2 rings (SSSR count). The summed E-state index contributed by atoms with van der Waals surface area (Å²) in [6.45, 7) is 1.74. The van der Waals surface area contributed by atoms with E-state index in [2.05, 4.69) is 16.7 Å². The van der Waals surface area contributed by atoms with Gasteiger partial charge in [0, 0.05) is 0 Å². The Morgan fingerprint density at radius 3 is 2.71 bits per heavy atom. The van der Waals surface area contributed by atoms with Gasteiger partial charge in [-0.25, -0.2) is 0 Å². The second-order valence-corrected chi connectivity index (χ2v) is 4.27. The zero-order valence-corrected chi connectivity index (χ0v) is 9.99. The molecule has 1 saturated heterocycles. The predicted octanol–water partition coefficient (Wildman–Crippen LogP) is 1.75. The van der Waals surface area contributed by atoms with E-state index in [0.717, 1.165) is 37.4 Å². The summed E-state index contributed by atoms with van der Waals surface area (Å²) in [5.74, 6) is 0.778. The van der Waals surface area contributed by atoms with E-state index in [1.165, 1.54) is 0 Å². The molecule has 2 N–H and O–H groups in total. The molecular formula is C13H17N3O. The van der Waals surface area contributed by atoms with Gasteiger partial charge in [0.2, 0.25) is 0 Å². The highest BCUT2D eigenvalue weighted by Gasteiger charge is 2.32. The van der Waals surface area contributed by atoms with Gasteiger partial charge in [-0.05, 0) is 38.1 Å². The molecule has 0 saturated carbocycles. The van der Waals surface area contributed by atoms with Crippen molar-refractivity contribution < 1.29 is 4.74 Å². The van der Waals surface area contributed by atoms with E-state index < -0.39 is 5.54 Å². The molecule has 17 heavy (non-hydrogen) atoms. The van der Waals surface area contributed by atoms with Crippen LogP contribution in [0.3, 0.4) is 0 Å². The minimum absolute atomic E-state index is 0.472. The monoisotopic (exact) mass is 231 g/mol. The summed E-state index contributed by atoms with van der Waals surface area (Å²) in [7, 11) is 1.64. The van der Waals surface area contributed by atoms with Gasteiger partial charge in [-0.15, -0.1) is 0 Å². The number of piperidine rings is 1. The first-order valence-corrected chi connectivity index (χ1v) is 5.83. The first-order chi connectivity index (χ1) is 8.29. The van der Waals surface area contributed by atoms with Crippen molar-refractivity contribution in [1.29, 1.82) is 5.26 Å². The zero-order chi connectivity index (χ0) is 12.1.